The highest BCUT2D eigenvalue weighted by molar-refractivity contribution is 5.88. The van der Waals surface area contributed by atoms with E-state index in [4.69, 9.17) is 4.74 Å². The molecule has 0 unspecified atom stereocenters. The molecule has 1 aromatic rings. The Balaban J connectivity index is 2.09. The molecule has 1 saturated heterocycles. The molecule has 4 nitrogen and oxygen atoms in total. The number of nitrogens with one attached hydrogen (secondary N) is 1. The number of ether oxygens (including phenoxy) is 1. The van der Waals surface area contributed by atoms with Gasteiger partial charge in [0.25, 0.3) is 0 Å². The van der Waals surface area contributed by atoms with Crippen molar-refractivity contribution >= 4 is 11.6 Å². The SMILES string of the molecule is CCCC1(CCC)CN(c2ccc(CCOC)cc2)NC1=O. The lowest BCUT2D eigenvalue weighted by molar-refractivity contribution is -0.128. The van der Waals surface area contributed by atoms with Crippen LogP contribution in [0.1, 0.15) is 45.1 Å². The van der Waals surface area contributed by atoms with Crippen molar-refractivity contribution in [1.29, 1.82) is 0 Å². The molecule has 0 aromatic heterocycles. The predicted octanol–water partition coefficient (Wildman–Crippen LogP) is 3.31. The molecule has 0 bridgehead atoms. The van der Waals surface area contributed by atoms with Gasteiger partial charge >= 0.3 is 0 Å². The summed E-state index contributed by atoms with van der Waals surface area (Å²) in [5.41, 5.74) is 5.15. The molecule has 0 atom stereocenters. The molecular formula is C18H28N2O2. The largest absolute Gasteiger partial charge is 0.384 e. The van der Waals surface area contributed by atoms with Gasteiger partial charge in [-0.3, -0.25) is 15.2 Å². The van der Waals surface area contributed by atoms with Crippen LogP contribution in [0.25, 0.3) is 0 Å². The Hall–Kier alpha value is -1.55. The zero-order valence-corrected chi connectivity index (χ0v) is 14.0. The number of hydrogen-bond acceptors (Lipinski definition) is 3. The fraction of sp³-hybridized carbons (Fsp3) is 0.611. The zero-order chi connectivity index (χ0) is 16.0. The number of carbonyl (C=O) groups excluding carboxylic acids is 1. The van der Waals surface area contributed by atoms with Crippen molar-refractivity contribution in [3.05, 3.63) is 29.8 Å². The number of carbonyl (C=O) groups is 1. The summed E-state index contributed by atoms with van der Waals surface area (Å²) in [4.78, 5) is 12.5. The number of hydrogen-bond donors (Lipinski definition) is 1. The van der Waals surface area contributed by atoms with Crippen LogP contribution in [0, 0.1) is 5.41 Å². The van der Waals surface area contributed by atoms with Crippen molar-refractivity contribution in [2.24, 2.45) is 5.41 Å². The molecule has 1 amide bonds. The van der Waals surface area contributed by atoms with Crippen molar-refractivity contribution in [2.75, 3.05) is 25.3 Å². The van der Waals surface area contributed by atoms with E-state index >= 15 is 0 Å². The quantitative estimate of drug-likeness (QED) is 0.801. The third-order valence-electron chi connectivity index (χ3n) is 4.48. The maximum atomic E-state index is 12.5. The topological polar surface area (TPSA) is 41.6 Å². The Morgan fingerprint density at radius 3 is 2.36 bits per heavy atom. The molecule has 4 heteroatoms. The Morgan fingerprint density at radius 1 is 1.18 bits per heavy atom. The van der Waals surface area contributed by atoms with E-state index in [-0.39, 0.29) is 11.3 Å². The fourth-order valence-electron chi connectivity index (χ4n) is 3.34. The summed E-state index contributed by atoms with van der Waals surface area (Å²) >= 11 is 0. The molecule has 1 aliphatic heterocycles. The van der Waals surface area contributed by atoms with Crippen LogP contribution < -0.4 is 10.4 Å². The summed E-state index contributed by atoms with van der Waals surface area (Å²) < 4.78 is 5.10. The number of methoxy groups -OCH3 is 1. The van der Waals surface area contributed by atoms with Crippen molar-refractivity contribution in [3.63, 3.8) is 0 Å². The molecule has 0 radical (unpaired) electrons. The van der Waals surface area contributed by atoms with Gasteiger partial charge in [0.15, 0.2) is 0 Å². The van der Waals surface area contributed by atoms with Crippen molar-refractivity contribution < 1.29 is 9.53 Å². The van der Waals surface area contributed by atoms with Crippen LogP contribution in [0.5, 0.6) is 0 Å². The summed E-state index contributed by atoms with van der Waals surface area (Å²) in [5, 5.41) is 2.01. The van der Waals surface area contributed by atoms with Crippen LogP contribution in [0.4, 0.5) is 5.69 Å². The normalized spacial score (nSPS) is 16.9. The lowest BCUT2D eigenvalue weighted by Crippen LogP contribution is -2.33. The van der Waals surface area contributed by atoms with Gasteiger partial charge in [-0.2, -0.15) is 0 Å². The maximum absolute atomic E-state index is 12.5. The summed E-state index contributed by atoms with van der Waals surface area (Å²) in [6, 6.07) is 8.39. The summed E-state index contributed by atoms with van der Waals surface area (Å²) in [6.07, 6.45) is 4.90. The van der Waals surface area contributed by atoms with E-state index in [1.54, 1.807) is 7.11 Å². The first kappa shape index (κ1) is 16.8. The van der Waals surface area contributed by atoms with Crippen molar-refractivity contribution in [2.45, 2.75) is 46.0 Å². The van der Waals surface area contributed by atoms with Gasteiger partial charge in [0.05, 0.1) is 24.3 Å². The number of hydrazine groups is 1. The number of anilines is 1. The first-order valence-corrected chi connectivity index (χ1v) is 8.31. The van der Waals surface area contributed by atoms with Crippen LogP contribution in [-0.2, 0) is 16.0 Å². The molecule has 1 heterocycles. The molecule has 122 valence electrons. The summed E-state index contributed by atoms with van der Waals surface area (Å²) in [6.45, 7) is 5.80. The highest BCUT2D eigenvalue weighted by atomic mass is 16.5. The van der Waals surface area contributed by atoms with E-state index in [9.17, 15) is 4.79 Å². The van der Waals surface area contributed by atoms with Crippen LogP contribution in [-0.4, -0.2) is 26.2 Å². The van der Waals surface area contributed by atoms with Gasteiger partial charge in [0, 0.05) is 7.11 Å². The van der Waals surface area contributed by atoms with Gasteiger partial charge in [-0.05, 0) is 37.0 Å². The monoisotopic (exact) mass is 304 g/mol. The minimum Gasteiger partial charge on any atom is -0.384 e. The minimum atomic E-state index is -0.224. The summed E-state index contributed by atoms with van der Waals surface area (Å²) in [7, 11) is 1.72. The Labute approximate surface area is 133 Å². The van der Waals surface area contributed by atoms with Crippen molar-refractivity contribution in [3.8, 4) is 0 Å². The van der Waals surface area contributed by atoms with Gasteiger partial charge < -0.3 is 4.74 Å². The van der Waals surface area contributed by atoms with Crippen LogP contribution >= 0.6 is 0 Å². The predicted molar refractivity (Wildman–Crippen MR) is 89.8 cm³/mol. The first-order valence-electron chi connectivity index (χ1n) is 8.31. The Morgan fingerprint density at radius 2 is 1.82 bits per heavy atom. The standard InChI is InChI=1S/C18H28N2O2/c1-4-11-18(12-5-2)14-20(19-17(18)21)16-8-6-15(7-9-16)10-13-22-3/h6-9H,4-5,10-14H2,1-3H3,(H,19,21). The average molecular weight is 304 g/mol. The molecule has 0 saturated carbocycles. The van der Waals surface area contributed by atoms with E-state index in [0.29, 0.717) is 0 Å². The summed E-state index contributed by atoms with van der Waals surface area (Å²) in [5.74, 6) is 0.180. The second kappa shape index (κ2) is 7.63. The lowest BCUT2D eigenvalue weighted by Gasteiger charge is -2.25. The molecular weight excluding hydrogens is 276 g/mol. The third-order valence-corrected chi connectivity index (χ3v) is 4.48. The highest BCUT2D eigenvalue weighted by Gasteiger charge is 2.44. The van der Waals surface area contributed by atoms with E-state index in [2.05, 4.69) is 43.5 Å². The van der Waals surface area contributed by atoms with Crippen LogP contribution in [0.15, 0.2) is 24.3 Å². The van der Waals surface area contributed by atoms with E-state index in [1.807, 2.05) is 5.01 Å². The lowest BCUT2D eigenvalue weighted by atomic mass is 9.79. The molecule has 22 heavy (non-hydrogen) atoms. The number of rotatable bonds is 8. The molecule has 0 spiro atoms. The second-order valence-electron chi connectivity index (χ2n) is 6.22. The smallest absolute Gasteiger partial charge is 0.246 e. The van der Waals surface area contributed by atoms with Crippen LogP contribution in [0.3, 0.4) is 0 Å². The van der Waals surface area contributed by atoms with E-state index < -0.39 is 0 Å². The maximum Gasteiger partial charge on any atom is 0.246 e. The molecule has 0 aliphatic carbocycles. The fourth-order valence-corrected chi connectivity index (χ4v) is 3.34. The van der Waals surface area contributed by atoms with Crippen molar-refractivity contribution in [1.82, 2.24) is 5.43 Å². The number of amides is 1. The third kappa shape index (κ3) is 3.61. The highest BCUT2D eigenvalue weighted by Crippen LogP contribution is 2.36. The number of benzene rings is 1. The Bertz CT molecular complexity index is 478. The molecule has 1 aromatic carbocycles. The second-order valence-corrected chi connectivity index (χ2v) is 6.22. The van der Waals surface area contributed by atoms with Gasteiger partial charge in [-0.1, -0.05) is 38.8 Å². The van der Waals surface area contributed by atoms with E-state index in [0.717, 1.165) is 50.9 Å². The van der Waals surface area contributed by atoms with Gasteiger partial charge in [0.2, 0.25) is 5.91 Å². The van der Waals surface area contributed by atoms with Crippen LogP contribution in [0.2, 0.25) is 0 Å². The molecule has 1 fully saturated rings. The number of nitrogens with zero attached hydrogens (tertiary/aromatic N) is 1. The van der Waals surface area contributed by atoms with E-state index in [1.165, 1.54) is 5.56 Å². The zero-order valence-electron chi connectivity index (χ0n) is 14.0. The van der Waals surface area contributed by atoms with Gasteiger partial charge in [0.1, 0.15) is 0 Å². The van der Waals surface area contributed by atoms with Gasteiger partial charge in [-0.25, -0.2) is 0 Å². The molecule has 1 aliphatic rings. The molecule has 2 rings (SSSR count). The Kier molecular flexibility index (Phi) is 5.83. The van der Waals surface area contributed by atoms with Gasteiger partial charge in [-0.15, -0.1) is 0 Å². The average Bonchev–Trinajstić information content (AvgIpc) is 2.83. The minimum absolute atomic E-state index is 0.180. The molecule has 1 N–H and O–H groups in total. The first-order chi connectivity index (χ1) is 10.6.